The zero-order valence-corrected chi connectivity index (χ0v) is 12.9. The van der Waals surface area contributed by atoms with Crippen molar-refractivity contribution >= 4 is 21.8 Å². The molecule has 2 rings (SSSR count). The zero-order chi connectivity index (χ0) is 14.8. The maximum atomic E-state index is 13.3. The van der Waals surface area contributed by atoms with E-state index in [1.807, 2.05) is 6.92 Å². The number of hydrogen-bond acceptors (Lipinski definition) is 4. The highest BCUT2D eigenvalue weighted by atomic mass is 32.2. The van der Waals surface area contributed by atoms with Crippen molar-refractivity contribution in [1.82, 2.24) is 4.72 Å². The van der Waals surface area contributed by atoms with Gasteiger partial charge in [0.2, 0.25) is 10.0 Å². The fraction of sp³-hybridized carbons (Fsp3) is 0.538. The molecule has 0 saturated carbocycles. The van der Waals surface area contributed by atoms with E-state index in [9.17, 15) is 17.9 Å². The zero-order valence-electron chi connectivity index (χ0n) is 11.2. The van der Waals surface area contributed by atoms with Gasteiger partial charge in [0.15, 0.2) is 0 Å². The van der Waals surface area contributed by atoms with E-state index in [1.54, 1.807) is 11.8 Å². The van der Waals surface area contributed by atoms with E-state index in [1.165, 1.54) is 6.07 Å². The highest BCUT2D eigenvalue weighted by molar-refractivity contribution is 8.01. The second kappa shape index (κ2) is 6.01. The molecule has 1 unspecified atom stereocenters. The minimum Gasteiger partial charge on any atom is -0.392 e. The number of halogens is 1. The Hall–Kier alpha value is -0.630. The molecule has 0 bridgehead atoms. The van der Waals surface area contributed by atoms with Crippen LogP contribution in [0, 0.1) is 5.82 Å². The number of benzene rings is 1. The van der Waals surface area contributed by atoms with Crippen molar-refractivity contribution in [2.24, 2.45) is 0 Å². The van der Waals surface area contributed by atoms with Gasteiger partial charge in [-0.1, -0.05) is 6.07 Å². The molecule has 1 saturated heterocycles. The summed E-state index contributed by atoms with van der Waals surface area (Å²) in [5.41, 5.74) is 0.197. The Morgan fingerprint density at radius 1 is 1.50 bits per heavy atom. The van der Waals surface area contributed by atoms with E-state index >= 15 is 0 Å². The first-order chi connectivity index (χ1) is 9.36. The number of nitrogens with one attached hydrogen (secondary N) is 1. The van der Waals surface area contributed by atoms with E-state index in [2.05, 4.69) is 4.72 Å². The lowest BCUT2D eigenvalue weighted by atomic mass is 10.1. The van der Waals surface area contributed by atoms with Crippen LogP contribution in [0.3, 0.4) is 0 Å². The molecule has 1 fully saturated rings. The fourth-order valence-corrected chi connectivity index (χ4v) is 4.96. The van der Waals surface area contributed by atoms with Gasteiger partial charge in [0.1, 0.15) is 5.82 Å². The SMILES string of the molecule is CC1(CNS(=O)(=O)c2cc(F)ccc2CO)CCCS1. The van der Waals surface area contributed by atoms with E-state index < -0.39 is 22.4 Å². The van der Waals surface area contributed by atoms with Crippen molar-refractivity contribution in [1.29, 1.82) is 0 Å². The highest BCUT2D eigenvalue weighted by Crippen LogP contribution is 2.37. The Morgan fingerprint density at radius 2 is 2.25 bits per heavy atom. The van der Waals surface area contributed by atoms with Crippen LogP contribution in [0.15, 0.2) is 23.1 Å². The average Bonchev–Trinajstić information content (AvgIpc) is 2.84. The summed E-state index contributed by atoms with van der Waals surface area (Å²) in [7, 11) is -3.81. The van der Waals surface area contributed by atoms with Crippen LogP contribution in [0.1, 0.15) is 25.3 Å². The molecule has 2 N–H and O–H groups in total. The van der Waals surface area contributed by atoms with Gasteiger partial charge in [-0.2, -0.15) is 11.8 Å². The summed E-state index contributed by atoms with van der Waals surface area (Å²) < 4.78 is 40.2. The van der Waals surface area contributed by atoms with E-state index in [0.29, 0.717) is 6.54 Å². The molecule has 112 valence electrons. The second-order valence-electron chi connectivity index (χ2n) is 5.14. The van der Waals surface area contributed by atoms with Gasteiger partial charge in [-0.3, -0.25) is 0 Å². The smallest absolute Gasteiger partial charge is 0.241 e. The lowest BCUT2D eigenvalue weighted by Gasteiger charge is -2.23. The molecule has 1 aliphatic rings. The minimum absolute atomic E-state index is 0.111. The summed E-state index contributed by atoms with van der Waals surface area (Å²) in [6.07, 6.45) is 2.03. The van der Waals surface area contributed by atoms with Crippen molar-refractivity contribution in [3.8, 4) is 0 Å². The second-order valence-corrected chi connectivity index (χ2v) is 8.55. The van der Waals surface area contributed by atoms with Crippen molar-refractivity contribution in [3.63, 3.8) is 0 Å². The van der Waals surface area contributed by atoms with Crippen LogP contribution in [0.5, 0.6) is 0 Å². The molecule has 4 nitrogen and oxygen atoms in total. The van der Waals surface area contributed by atoms with Gasteiger partial charge in [0.25, 0.3) is 0 Å². The Kier molecular flexibility index (Phi) is 4.73. The molecule has 0 amide bonds. The number of hydrogen-bond donors (Lipinski definition) is 2. The Balaban J connectivity index is 2.20. The van der Waals surface area contributed by atoms with Gasteiger partial charge >= 0.3 is 0 Å². The number of thioether (sulfide) groups is 1. The van der Waals surface area contributed by atoms with Gasteiger partial charge in [-0.15, -0.1) is 0 Å². The van der Waals surface area contributed by atoms with Gasteiger partial charge in [0.05, 0.1) is 11.5 Å². The normalized spacial score (nSPS) is 23.1. The van der Waals surface area contributed by atoms with Gasteiger partial charge < -0.3 is 5.11 Å². The lowest BCUT2D eigenvalue weighted by molar-refractivity contribution is 0.278. The molecular weight excluding hydrogens is 301 g/mol. The summed E-state index contributed by atoms with van der Waals surface area (Å²) in [6.45, 7) is 1.88. The third kappa shape index (κ3) is 3.52. The Morgan fingerprint density at radius 3 is 2.85 bits per heavy atom. The molecule has 1 aromatic carbocycles. The highest BCUT2D eigenvalue weighted by Gasteiger charge is 2.31. The van der Waals surface area contributed by atoms with Gasteiger partial charge in [-0.25, -0.2) is 17.5 Å². The van der Waals surface area contributed by atoms with Gasteiger partial charge in [-0.05, 0) is 43.2 Å². The number of rotatable bonds is 5. The van der Waals surface area contributed by atoms with E-state index in [-0.39, 0.29) is 15.2 Å². The number of aliphatic hydroxyl groups is 1. The fourth-order valence-electron chi connectivity index (χ4n) is 2.21. The van der Waals surface area contributed by atoms with Crippen LogP contribution in [-0.4, -0.2) is 30.6 Å². The average molecular weight is 319 g/mol. The third-order valence-corrected chi connectivity index (χ3v) is 6.45. The molecule has 0 aromatic heterocycles. The molecule has 0 spiro atoms. The molecule has 20 heavy (non-hydrogen) atoms. The van der Waals surface area contributed by atoms with Crippen LogP contribution in [0.25, 0.3) is 0 Å². The molecule has 1 atom stereocenters. The molecule has 1 heterocycles. The maximum Gasteiger partial charge on any atom is 0.241 e. The van der Waals surface area contributed by atoms with Crippen LogP contribution in [0.4, 0.5) is 4.39 Å². The predicted octanol–water partition coefficient (Wildman–Crippen LogP) is 1.88. The summed E-state index contributed by atoms with van der Waals surface area (Å²) in [4.78, 5) is -0.188. The standard InChI is InChI=1S/C13H18FNO3S2/c1-13(5-2-6-19-13)9-15-20(17,18)12-7-11(14)4-3-10(12)8-16/h3-4,7,15-16H,2,5-6,8-9H2,1H3. The molecular formula is C13H18FNO3S2. The minimum atomic E-state index is -3.81. The van der Waals surface area contributed by atoms with Crippen molar-refractivity contribution < 1.29 is 17.9 Å². The third-order valence-electron chi connectivity index (χ3n) is 3.43. The largest absolute Gasteiger partial charge is 0.392 e. The topological polar surface area (TPSA) is 66.4 Å². The summed E-state index contributed by atoms with van der Waals surface area (Å²) >= 11 is 1.74. The van der Waals surface area contributed by atoms with Crippen molar-refractivity contribution in [3.05, 3.63) is 29.6 Å². The molecule has 7 heteroatoms. The van der Waals surface area contributed by atoms with Crippen LogP contribution >= 0.6 is 11.8 Å². The number of sulfonamides is 1. The first-order valence-corrected chi connectivity index (χ1v) is 8.86. The molecule has 0 radical (unpaired) electrons. The van der Waals surface area contributed by atoms with Crippen LogP contribution in [-0.2, 0) is 16.6 Å². The maximum absolute atomic E-state index is 13.3. The van der Waals surface area contributed by atoms with Crippen LogP contribution in [0.2, 0.25) is 0 Å². The molecule has 0 aliphatic carbocycles. The van der Waals surface area contributed by atoms with E-state index in [0.717, 1.165) is 30.7 Å². The quantitative estimate of drug-likeness (QED) is 0.870. The van der Waals surface area contributed by atoms with Crippen LogP contribution < -0.4 is 4.72 Å². The predicted molar refractivity (Wildman–Crippen MR) is 77.6 cm³/mol. The number of aliphatic hydroxyl groups excluding tert-OH is 1. The van der Waals surface area contributed by atoms with E-state index in [4.69, 9.17) is 0 Å². The summed E-state index contributed by atoms with van der Waals surface area (Å²) in [6, 6.07) is 3.37. The first-order valence-electron chi connectivity index (χ1n) is 6.39. The molecule has 1 aliphatic heterocycles. The Labute approximate surface area is 122 Å². The van der Waals surface area contributed by atoms with Crippen molar-refractivity contribution in [2.75, 3.05) is 12.3 Å². The summed E-state index contributed by atoms with van der Waals surface area (Å²) in [5, 5.41) is 9.18. The lowest BCUT2D eigenvalue weighted by Crippen LogP contribution is -2.37. The summed E-state index contributed by atoms with van der Waals surface area (Å²) in [5.74, 6) is 0.393. The van der Waals surface area contributed by atoms with Crippen molar-refractivity contribution in [2.45, 2.75) is 36.0 Å². The monoisotopic (exact) mass is 319 g/mol. The van der Waals surface area contributed by atoms with Gasteiger partial charge in [0, 0.05) is 11.3 Å². The Bertz CT molecular complexity index is 583. The molecule has 1 aromatic rings. The first kappa shape index (κ1) is 15.8.